The fraction of sp³-hybridized carbons (Fsp3) is 0.733. The molecule has 1 heterocycles. The zero-order valence-electron chi connectivity index (χ0n) is 11.8. The number of rotatable bonds is 2. The second kappa shape index (κ2) is 3.85. The first-order valence-electron chi connectivity index (χ1n) is 7.49. The van der Waals surface area contributed by atoms with Crippen LogP contribution in [0.2, 0.25) is 0 Å². The number of hydrogen-bond donors (Lipinski definition) is 2. The Bertz CT molecular complexity index is 551. The summed E-state index contributed by atoms with van der Waals surface area (Å²) in [4.78, 5) is 16.5. The van der Waals surface area contributed by atoms with Crippen molar-refractivity contribution < 1.29 is 9.21 Å². The van der Waals surface area contributed by atoms with Gasteiger partial charge in [-0.05, 0) is 50.4 Å². The maximum atomic E-state index is 12.4. The van der Waals surface area contributed by atoms with Gasteiger partial charge in [0.25, 0.3) is 5.91 Å². The summed E-state index contributed by atoms with van der Waals surface area (Å²) >= 11 is 0. The lowest BCUT2D eigenvalue weighted by atomic mass is 9.50. The number of aryl methyl sites for hydroxylation is 1. The van der Waals surface area contributed by atoms with Crippen LogP contribution in [0.25, 0.3) is 0 Å². The Kier molecular flexibility index (Phi) is 2.38. The van der Waals surface area contributed by atoms with Gasteiger partial charge >= 0.3 is 0 Å². The number of carbonyl (C=O) groups excluding carboxylic acids is 1. The van der Waals surface area contributed by atoms with E-state index in [4.69, 9.17) is 10.2 Å². The fourth-order valence-corrected chi connectivity index (χ4v) is 5.25. The Morgan fingerprint density at radius 2 is 2.10 bits per heavy atom. The third-order valence-electron chi connectivity index (χ3n) is 5.34. The molecule has 4 fully saturated rings. The summed E-state index contributed by atoms with van der Waals surface area (Å²) in [5, 5.41) is 3.24. The van der Waals surface area contributed by atoms with Crippen LogP contribution < -0.4 is 11.1 Å². The van der Waals surface area contributed by atoms with E-state index < -0.39 is 0 Å². The van der Waals surface area contributed by atoms with Gasteiger partial charge in [0, 0.05) is 18.0 Å². The third-order valence-corrected chi connectivity index (χ3v) is 5.34. The van der Waals surface area contributed by atoms with E-state index >= 15 is 0 Å². The Balaban J connectivity index is 1.57. The minimum atomic E-state index is -0.118. The van der Waals surface area contributed by atoms with Gasteiger partial charge in [0.2, 0.25) is 0 Å². The van der Waals surface area contributed by atoms with Crippen molar-refractivity contribution in [1.82, 2.24) is 10.3 Å². The predicted octanol–water partition coefficient (Wildman–Crippen LogP) is 1.76. The minimum Gasteiger partial charge on any atom is -0.448 e. The topological polar surface area (TPSA) is 81.2 Å². The van der Waals surface area contributed by atoms with E-state index in [-0.39, 0.29) is 17.0 Å². The van der Waals surface area contributed by atoms with Crippen molar-refractivity contribution in [3.63, 3.8) is 0 Å². The highest BCUT2D eigenvalue weighted by molar-refractivity contribution is 5.92. The molecule has 1 amide bonds. The van der Waals surface area contributed by atoms with Crippen molar-refractivity contribution in [2.45, 2.75) is 56.5 Å². The molecule has 0 spiro atoms. The monoisotopic (exact) mass is 275 g/mol. The number of carbonyl (C=O) groups is 1. The van der Waals surface area contributed by atoms with Crippen LogP contribution in [0, 0.1) is 18.8 Å². The average molecular weight is 275 g/mol. The molecule has 4 aliphatic rings. The molecule has 4 bridgehead atoms. The molecule has 4 saturated carbocycles. The Labute approximate surface area is 118 Å². The first-order chi connectivity index (χ1) is 9.45. The summed E-state index contributed by atoms with van der Waals surface area (Å²) in [6, 6.07) is 0. The summed E-state index contributed by atoms with van der Waals surface area (Å²) in [5.41, 5.74) is 6.75. The predicted molar refractivity (Wildman–Crippen MR) is 73.0 cm³/mol. The van der Waals surface area contributed by atoms with Crippen molar-refractivity contribution in [1.29, 1.82) is 0 Å². The zero-order valence-corrected chi connectivity index (χ0v) is 11.8. The van der Waals surface area contributed by atoms with E-state index in [0.29, 0.717) is 23.4 Å². The van der Waals surface area contributed by atoms with E-state index in [1.54, 1.807) is 6.92 Å². The summed E-state index contributed by atoms with van der Waals surface area (Å²) < 4.78 is 5.13. The van der Waals surface area contributed by atoms with Gasteiger partial charge in [0.15, 0.2) is 11.6 Å². The molecular weight excluding hydrogens is 254 g/mol. The maximum Gasteiger partial charge on any atom is 0.273 e. The molecule has 0 radical (unpaired) electrons. The van der Waals surface area contributed by atoms with E-state index in [0.717, 1.165) is 32.1 Å². The van der Waals surface area contributed by atoms with Crippen LogP contribution in [0.5, 0.6) is 0 Å². The molecule has 2 unspecified atom stereocenters. The molecule has 108 valence electrons. The van der Waals surface area contributed by atoms with Crippen LogP contribution in [0.4, 0.5) is 0 Å². The van der Waals surface area contributed by atoms with Gasteiger partial charge in [-0.3, -0.25) is 4.79 Å². The fourth-order valence-electron chi connectivity index (χ4n) is 5.25. The van der Waals surface area contributed by atoms with E-state index in [1.807, 2.05) is 0 Å². The van der Waals surface area contributed by atoms with Crippen molar-refractivity contribution in [2.75, 3.05) is 0 Å². The second-order valence-electron chi connectivity index (χ2n) is 7.31. The molecule has 4 aliphatic carbocycles. The van der Waals surface area contributed by atoms with Gasteiger partial charge in [0.05, 0.1) is 0 Å². The summed E-state index contributed by atoms with van der Waals surface area (Å²) in [7, 11) is 0. The molecule has 2 atom stereocenters. The number of oxazole rings is 1. The lowest BCUT2D eigenvalue weighted by Gasteiger charge is -2.61. The summed E-state index contributed by atoms with van der Waals surface area (Å²) in [6.07, 6.45) is 8.04. The summed E-state index contributed by atoms with van der Waals surface area (Å²) in [6.45, 7) is 1.75. The van der Waals surface area contributed by atoms with E-state index in [2.05, 4.69) is 10.3 Å². The van der Waals surface area contributed by atoms with Gasteiger partial charge in [-0.15, -0.1) is 0 Å². The van der Waals surface area contributed by atoms with Gasteiger partial charge < -0.3 is 15.5 Å². The molecule has 5 rings (SSSR count). The molecule has 5 heteroatoms. The van der Waals surface area contributed by atoms with Crippen LogP contribution in [0.3, 0.4) is 0 Å². The Morgan fingerprint density at radius 3 is 2.65 bits per heavy atom. The van der Waals surface area contributed by atoms with E-state index in [1.165, 1.54) is 12.7 Å². The third kappa shape index (κ3) is 1.87. The van der Waals surface area contributed by atoms with Crippen LogP contribution in [-0.2, 0) is 0 Å². The van der Waals surface area contributed by atoms with E-state index in [9.17, 15) is 4.79 Å². The lowest BCUT2D eigenvalue weighted by molar-refractivity contribution is -0.0321. The molecule has 20 heavy (non-hydrogen) atoms. The van der Waals surface area contributed by atoms with Crippen molar-refractivity contribution >= 4 is 5.91 Å². The highest BCUT2D eigenvalue weighted by atomic mass is 16.3. The average Bonchev–Trinajstić information content (AvgIpc) is 2.71. The highest BCUT2D eigenvalue weighted by Crippen LogP contribution is 2.56. The normalized spacial score (nSPS) is 41.9. The zero-order chi connectivity index (χ0) is 14.0. The number of nitrogens with two attached hydrogens (primary N) is 1. The minimum absolute atomic E-state index is 0.0584. The number of aromatic nitrogens is 1. The molecule has 5 nitrogen and oxygen atoms in total. The number of amides is 1. The van der Waals surface area contributed by atoms with Gasteiger partial charge in [-0.2, -0.15) is 0 Å². The molecule has 1 aromatic rings. The maximum absolute atomic E-state index is 12.4. The number of nitrogens with zero attached hydrogens (tertiary/aromatic N) is 1. The number of nitrogens with one attached hydrogen (secondary N) is 1. The molecule has 0 aromatic carbocycles. The molecule has 0 aliphatic heterocycles. The first-order valence-corrected chi connectivity index (χ1v) is 7.49. The van der Waals surface area contributed by atoms with Gasteiger partial charge in [-0.1, -0.05) is 0 Å². The van der Waals surface area contributed by atoms with Crippen LogP contribution >= 0.6 is 0 Å². The van der Waals surface area contributed by atoms with Crippen molar-refractivity contribution in [3.8, 4) is 0 Å². The highest BCUT2D eigenvalue weighted by Gasteiger charge is 2.56. The Hall–Kier alpha value is -1.36. The quantitative estimate of drug-likeness (QED) is 0.861. The molecule has 0 saturated heterocycles. The van der Waals surface area contributed by atoms with Crippen molar-refractivity contribution in [3.05, 3.63) is 17.8 Å². The summed E-state index contributed by atoms with van der Waals surface area (Å²) in [5.74, 6) is 1.77. The second-order valence-corrected chi connectivity index (χ2v) is 7.31. The van der Waals surface area contributed by atoms with Crippen molar-refractivity contribution in [2.24, 2.45) is 17.6 Å². The Morgan fingerprint density at radius 1 is 1.40 bits per heavy atom. The standard InChI is InChI=1S/C15H21N3O2/c1-9-17-12(7-20-9)13(19)18-15-5-10-2-11(6-15)4-14(16,3-10)8-15/h7,10-11H,2-6,8,16H2,1H3,(H,18,19). The molecule has 3 N–H and O–H groups in total. The molecular formula is C15H21N3O2. The largest absolute Gasteiger partial charge is 0.448 e. The number of hydrogen-bond acceptors (Lipinski definition) is 4. The van der Waals surface area contributed by atoms with Crippen LogP contribution in [0.15, 0.2) is 10.7 Å². The van der Waals surface area contributed by atoms with Gasteiger partial charge in [-0.25, -0.2) is 4.98 Å². The molecule has 1 aromatic heterocycles. The first kappa shape index (κ1) is 12.4. The SMILES string of the molecule is Cc1nc(C(=O)NC23CC4CC(CC(N)(C4)C2)C3)co1. The van der Waals surface area contributed by atoms with Crippen LogP contribution in [0.1, 0.15) is 54.9 Å². The lowest BCUT2D eigenvalue weighted by Crippen LogP contribution is -2.68. The van der Waals surface area contributed by atoms with Crippen LogP contribution in [-0.4, -0.2) is 22.0 Å². The smallest absolute Gasteiger partial charge is 0.273 e. The van der Waals surface area contributed by atoms with Gasteiger partial charge in [0.1, 0.15) is 6.26 Å².